The van der Waals surface area contributed by atoms with Crippen LogP contribution in [0, 0.1) is 0 Å². The lowest BCUT2D eigenvalue weighted by atomic mass is 10.1. The number of nitrogens with zero attached hydrogens (tertiary/aromatic N) is 2. The van der Waals surface area contributed by atoms with Crippen molar-refractivity contribution in [3.63, 3.8) is 0 Å². The summed E-state index contributed by atoms with van der Waals surface area (Å²) in [5.41, 5.74) is 1.52. The summed E-state index contributed by atoms with van der Waals surface area (Å²) in [5, 5.41) is 5.31. The average Bonchev–Trinajstić information content (AvgIpc) is 2.69. The highest BCUT2D eigenvalue weighted by Gasteiger charge is 2.17. The van der Waals surface area contributed by atoms with E-state index in [0.717, 1.165) is 37.9 Å². The first-order valence-corrected chi connectivity index (χ1v) is 9.72. The van der Waals surface area contributed by atoms with Gasteiger partial charge in [0, 0.05) is 31.9 Å². The summed E-state index contributed by atoms with van der Waals surface area (Å²) in [6.45, 7) is 6.87. The van der Waals surface area contributed by atoms with Gasteiger partial charge in [-0.05, 0) is 50.8 Å². The van der Waals surface area contributed by atoms with Gasteiger partial charge in [-0.2, -0.15) is 0 Å². The van der Waals surface area contributed by atoms with Crippen LogP contribution in [0.15, 0.2) is 24.3 Å². The smallest absolute Gasteiger partial charge is 0.319 e. The normalized spacial score (nSPS) is 13.8. The first-order valence-electron chi connectivity index (χ1n) is 9.72. The molecule has 4 amide bonds. The second-order valence-corrected chi connectivity index (χ2v) is 6.69. The maximum atomic E-state index is 12.1. The SMILES string of the molecule is CCN(CC)C(=O)Cc1ccc(NC(=O)NCC(=O)N2CCCCC2)cc1. The Balaban J connectivity index is 1.77. The maximum Gasteiger partial charge on any atom is 0.319 e. The van der Waals surface area contributed by atoms with E-state index >= 15 is 0 Å². The minimum atomic E-state index is -0.410. The largest absolute Gasteiger partial charge is 0.343 e. The molecule has 0 aromatic heterocycles. The van der Waals surface area contributed by atoms with E-state index in [2.05, 4.69) is 10.6 Å². The molecular formula is C20H30N4O3. The number of urea groups is 1. The van der Waals surface area contributed by atoms with Crippen LogP contribution >= 0.6 is 0 Å². The number of nitrogens with one attached hydrogen (secondary N) is 2. The van der Waals surface area contributed by atoms with Crippen molar-refractivity contribution in [2.24, 2.45) is 0 Å². The highest BCUT2D eigenvalue weighted by molar-refractivity contribution is 5.92. The third-order valence-corrected chi connectivity index (χ3v) is 4.79. The van der Waals surface area contributed by atoms with E-state index in [9.17, 15) is 14.4 Å². The summed E-state index contributed by atoms with van der Waals surface area (Å²) in [6.07, 6.45) is 3.56. The number of anilines is 1. The summed E-state index contributed by atoms with van der Waals surface area (Å²) in [5.74, 6) is 0.0461. The Hall–Kier alpha value is -2.57. The zero-order chi connectivity index (χ0) is 19.6. The van der Waals surface area contributed by atoms with Crippen molar-refractivity contribution in [1.82, 2.24) is 15.1 Å². The third kappa shape index (κ3) is 6.58. The highest BCUT2D eigenvalue weighted by Crippen LogP contribution is 2.11. The van der Waals surface area contributed by atoms with Crippen LogP contribution < -0.4 is 10.6 Å². The van der Waals surface area contributed by atoms with Gasteiger partial charge < -0.3 is 20.4 Å². The number of benzene rings is 1. The number of rotatable bonds is 7. The summed E-state index contributed by atoms with van der Waals surface area (Å²) in [6, 6.07) is 6.77. The molecule has 148 valence electrons. The van der Waals surface area contributed by atoms with E-state index in [1.807, 2.05) is 26.0 Å². The highest BCUT2D eigenvalue weighted by atomic mass is 16.2. The molecule has 27 heavy (non-hydrogen) atoms. The van der Waals surface area contributed by atoms with E-state index in [4.69, 9.17) is 0 Å². The fourth-order valence-electron chi connectivity index (χ4n) is 3.15. The summed E-state index contributed by atoms with van der Waals surface area (Å²) in [4.78, 5) is 39.7. The number of carbonyl (C=O) groups is 3. The van der Waals surface area contributed by atoms with Crippen molar-refractivity contribution in [3.8, 4) is 0 Å². The van der Waals surface area contributed by atoms with Crippen LogP contribution in [0.3, 0.4) is 0 Å². The van der Waals surface area contributed by atoms with Gasteiger partial charge >= 0.3 is 6.03 Å². The molecule has 1 aromatic rings. The fourth-order valence-corrected chi connectivity index (χ4v) is 3.15. The molecule has 0 aliphatic carbocycles. The Kier molecular flexibility index (Phi) is 8.10. The van der Waals surface area contributed by atoms with E-state index < -0.39 is 6.03 Å². The molecule has 0 atom stereocenters. The molecule has 0 saturated carbocycles. The average molecular weight is 374 g/mol. The number of piperidine rings is 1. The van der Waals surface area contributed by atoms with Gasteiger partial charge in [-0.15, -0.1) is 0 Å². The second kappa shape index (κ2) is 10.5. The van der Waals surface area contributed by atoms with Gasteiger partial charge in [-0.1, -0.05) is 12.1 Å². The van der Waals surface area contributed by atoms with Gasteiger partial charge in [0.25, 0.3) is 0 Å². The predicted octanol–water partition coefficient (Wildman–Crippen LogP) is 2.23. The van der Waals surface area contributed by atoms with Crippen LogP contribution in [-0.2, 0) is 16.0 Å². The number of amides is 4. The molecule has 0 unspecified atom stereocenters. The maximum absolute atomic E-state index is 12.1. The molecule has 1 aromatic carbocycles. The topological polar surface area (TPSA) is 81.8 Å². The predicted molar refractivity (Wildman–Crippen MR) is 106 cm³/mol. The lowest BCUT2D eigenvalue weighted by molar-refractivity contribution is -0.131. The Morgan fingerprint density at radius 3 is 2.22 bits per heavy atom. The van der Waals surface area contributed by atoms with Crippen molar-refractivity contribution in [2.75, 3.05) is 38.0 Å². The van der Waals surface area contributed by atoms with Crippen molar-refractivity contribution in [3.05, 3.63) is 29.8 Å². The second-order valence-electron chi connectivity index (χ2n) is 6.69. The Bertz CT molecular complexity index is 635. The zero-order valence-electron chi connectivity index (χ0n) is 16.3. The van der Waals surface area contributed by atoms with Crippen LogP contribution in [0.25, 0.3) is 0 Å². The van der Waals surface area contributed by atoms with E-state index in [1.165, 1.54) is 0 Å². The number of carbonyl (C=O) groups excluding carboxylic acids is 3. The number of likely N-dealkylation sites (tertiary alicyclic amines) is 1. The standard InChI is InChI=1S/C20H30N4O3/c1-3-23(4-2)18(25)14-16-8-10-17(11-9-16)22-20(27)21-15-19(26)24-12-6-5-7-13-24/h8-11H,3-7,12-15H2,1-2H3,(H2,21,22,27). The van der Waals surface area contributed by atoms with Gasteiger partial charge in [-0.25, -0.2) is 4.79 Å². The first-order chi connectivity index (χ1) is 13.0. The molecule has 1 heterocycles. The zero-order valence-corrected chi connectivity index (χ0v) is 16.3. The number of hydrogen-bond acceptors (Lipinski definition) is 3. The van der Waals surface area contributed by atoms with Gasteiger partial charge in [0.1, 0.15) is 0 Å². The third-order valence-electron chi connectivity index (χ3n) is 4.79. The van der Waals surface area contributed by atoms with E-state index in [1.54, 1.807) is 21.9 Å². The lowest BCUT2D eigenvalue weighted by Gasteiger charge is -2.26. The van der Waals surface area contributed by atoms with E-state index in [0.29, 0.717) is 25.2 Å². The van der Waals surface area contributed by atoms with Crippen LogP contribution in [0.4, 0.5) is 10.5 Å². The molecule has 1 aliphatic rings. The number of hydrogen-bond donors (Lipinski definition) is 2. The first kappa shape index (κ1) is 20.7. The van der Waals surface area contributed by atoms with Crippen LogP contribution in [0.5, 0.6) is 0 Å². The summed E-state index contributed by atoms with van der Waals surface area (Å²) >= 11 is 0. The van der Waals surface area contributed by atoms with Gasteiger partial charge in [0.05, 0.1) is 13.0 Å². The van der Waals surface area contributed by atoms with Gasteiger partial charge in [-0.3, -0.25) is 9.59 Å². The van der Waals surface area contributed by atoms with Crippen LogP contribution in [0.2, 0.25) is 0 Å². The lowest BCUT2D eigenvalue weighted by Crippen LogP contribution is -2.43. The molecule has 1 fully saturated rings. The molecule has 7 heteroatoms. The van der Waals surface area contributed by atoms with Crippen molar-refractivity contribution >= 4 is 23.5 Å². The Labute approximate surface area is 161 Å². The minimum absolute atomic E-state index is 0.00227. The van der Waals surface area contributed by atoms with Crippen molar-refractivity contribution < 1.29 is 14.4 Å². The molecule has 0 radical (unpaired) electrons. The summed E-state index contributed by atoms with van der Waals surface area (Å²) < 4.78 is 0. The Morgan fingerprint density at radius 2 is 1.63 bits per heavy atom. The minimum Gasteiger partial charge on any atom is -0.343 e. The van der Waals surface area contributed by atoms with Crippen LogP contribution in [-0.4, -0.2) is 60.4 Å². The van der Waals surface area contributed by atoms with Gasteiger partial charge in [0.2, 0.25) is 11.8 Å². The Morgan fingerprint density at radius 1 is 1.00 bits per heavy atom. The molecule has 7 nitrogen and oxygen atoms in total. The molecule has 0 spiro atoms. The molecule has 0 bridgehead atoms. The van der Waals surface area contributed by atoms with Gasteiger partial charge in [0.15, 0.2) is 0 Å². The molecule has 1 saturated heterocycles. The van der Waals surface area contributed by atoms with Crippen molar-refractivity contribution in [1.29, 1.82) is 0 Å². The molecule has 1 aliphatic heterocycles. The van der Waals surface area contributed by atoms with Crippen LogP contribution in [0.1, 0.15) is 38.7 Å². The molecular weight excluding hydrogens is 344 g/mol. The van der Waals surface area contributed by atoms with E-state index in [-0.39, 0.29) is 18.4 Å². The monoisotopic (exact) mass is 374 g/mol. The molecule has 2 N–H and O–H groups in total. The molecule has 2 rings (SSSR count). The fraction of sp³-hybridized carbons (Fsp3) is 0.550. The van der Waals surface area contributed by atoms with Crippen molar-refractivity contribution in [2.45, 2.75) is 39.5 Å². The summed E-state index contributed by atoms with van der Waals surface area (Å²) in [7, 11) is 0. The quantitative estimate of drug-likeness (QED) is 0.768. The number of likely N-dealkylation sites (N-methyl/N-ethyl adjacent to an activating group) is 1.